The molecule has 5 nitrogen and oxygen atoms in total. The number of fused-ring (bicyclic) bond motifs is 1. The summed E-state index contributed by atoms with van der Waals surface area (Å²) in [7, 11) is 0. The molecular weight excluding hydrogens is 438 g/mol. The van der Waals surface area contributed by atoms with E-state index in [0.29, 0.717) is 22.3 Å². The molecule has 1 amide bonds. The van der Waals surface area contributed by atoms with E-state index in [1.807, 2.05) is 93.6 Å². The van der Waals surface area contributed by atoms with Crippen molar-refractivity contribution in [3.8, 4) is 22.5 Å². The fourth-order valence-corrected chi connectivity index (χ4v) is 4.67. The standard InChI is InChI=1S/C30H29NO4/c1-29(2,3)35-28(33)31-30(18-9-19-30)22-16-14-20(15-17-22)25-26(32)23-12-7-8-13-24(23)34-27(25)21-10-5-4-6-11-21/h4-8,10-17H,9,18-19H2,1-3H3,(H,31,33). The maximum absolute atomic E-state index is 13.6. The molecule has 1 aliphatic rings. The van der Waals surface area contributed by atoms with Crippen LogP contribution in [0.5, 0.6) is 0 Å². The SMILES string of the molecule is CC(C)(C)OC(=O)NC1(c2ccc(-c3c(-c4ccccc4)oc4ccccc4c3=O)cc2)CCC1. The van der Waals surface area contributed by atoms with Crippen LogP contribution in [0.25, 0.3) is 33.4 Å². The Morgan fingerprint density at radius 1 is 0.886 bits per heavy atom. The predicted molar refractivity (Wildman–Crippen MR) is 138 cm³/mol. The van der Waals surface area contributed by atoms with Gasteiger partial charge in [0.2, 0.25) is 5.43 Å². The summed E-state index contributed by atoms with van der Waals surface area (Å²) in [5.41, 5.74) is 2.65. The highest BCUT2D eigenvalue weighted by atomic mass is 16.6. The number of nitrogens with one attached hydrogen (secondary N) is 1. The van der Waals surface area contributed by atoms with Gasteiger partial charge in [-0.05, 0) is 63.3 Å². The first-order valence-electron chi connectivity index (χ1n) is 12.0. The zero-order chi connectivity index (χ0) is 24.6. The Hall–Kier alpha value is -3.86. The van der Waals surface area contributed by atoms with Gasteiger partial charge in [-0.3, -0.25) is 4.79 Å². The maximum Gasteiger partial charge on any atom is 0.408 e. The van der Waals surface area contributed by atoms with Gasteiger partial charge in [-0.2, -0.15) is 0 Å². The van der Waals surface area contributed by atoms with E-state index in [1.54, 1.807) is 6.07 Å². The van der Waals surface area contributed by atoms with Crippen molar-refractivity contribution in [1.29, 1.82) is 0 Å². The van der Waals surface area contributed by atoms with Gasteiger partial charge in [-0.1, -0.05) is 66.7 Å². The molecule has 5 heteroatoms. The molecule has 0 radical (unpaired) electrons. The summed E-state index contributed by atoms with van der Waals surface area (Å²) in [6.07, 6.45) is 2.31. The fraction of sp³-hybridized carbons (Fsp3) is 0.267. The molecule has 1 aromatic heterocycles. The van der Waals surface area contributed by atoms with E-state index in [1.165, 1.54) is 0 Å². The largest absolute Gasteiger partial charge is 0.455 e. The van der Waals surface area contributed by atoms with Crippen molar-refractivity contribution in [3.63, 3.8) is 0 Å². The molecule has 3 aromatic carbocycles. The third-order valence-electron chi connectivity index (χ3n) is 6.51. The van der Waals surface area contributed by atoms with Crippen molar-refractivity contribution in [1.82, 2.24) is 5.32 Å². The van der Waals surface area contributed by atoms with E-state index in [9.17, 15) is 9.59 Å². The molecule has 1 N–H and O–H groups in total. The lowest BCUT2D eigenvalue weighted by atomic mass is 9.71. The summed E-state index contributed by atoms with van der Waals surface area (Å²) in [6, 6.07) is 24.9. The normalized spacial score (nSPS) is 14.8. The van der Waals surface area contributed by atoms with Gasteiger partial charge in [0.15, 0.2) is 0 Å². The van der Waals surface area contributed by atoms with E-state index in [2.05, 4.69) is 5.32 Å². The quantitative estimate of drug-likeness (QED) is 0.350. The van der Waals surface area contributed by atoms with Gasteiger partial charge in [0.1, 0.15) is 16.9 Å². The molecule has 1 heterocycles. The second-order valence-electron chi connectivity index (χ2n) is 10.1. The van der Waals surface area contributed by atoms with Crippen LogP contribution in [0.15, 0.2) is 88.1 Å². The molecule has 1 saturated carbocycles. The molecular formula is C30H29NO4. The fourth-order valence-electron chi connectivity index (χ4n) is 4.67. The van der Waals surface area contributed by atoms with Gasteiger partial charge in [0.05, 0.1) is 16.5 Å². The van der Waals surface area contributed by atoms with Crippen molar-refractivity contribution >= 4 is 17.1 Å². The van der Waals surface area contributed by atoms with Crippen LogP contribution in [-0.4, -0.2) is 11.7 Å². The highest BCUT2D eigenvalue weighted by Gasteiger charge is 2.41. The third-order valence-corrected chi connectivity index (χ3v) is 6.51. The number of benzene rings is 3. The van der Waals surface area contributed by atoms with E-state index in [0.717, 1.165) is 36.0 Å². The molecule has 0 atom stereocenters. The lowest BCUT2D eigenvalue weighted by Crippen LogP contribution is -2.52. The Bertz CT molecular complexity index is 1430. The molecule has 5 rings (SSSR count). The second-order valence-corrected chi connectivity index (χ2v) is 10.1. The molecule has 1 aliphatic carbocycles. The van der Waals surface area contributed by atoms with E-state index >= 15 is 0 Å². The second kappa shape index (κ2) is 8.73. The average Bonchev–Trinajstić information content (AvgIpc) is 2.81. The molecule has 1 fully saturated rings. The third kappa shape index (κ3) is 4.46. The summed E-state index contributed by atoms with van der Waals surface area (Å²) >= 11 is 0. The number of amides is 1. The van der Waals surface area contributed by atoms with Crippen molar-refractivity contribution in [3.05, 3.63) is 94.6 Å². The van der Waals surface area contributed by atoms with Gasteiger partial charge < -0.3 is 14.5 Å². The number of alkyl carbamates (subject to hydrolysis) is 1. The van der Waals surface area contributed by atoms with Crippen LogP contribution >= 0.6 is 0 Å². The molecule has 0 aliphatic heterocycles. The topological polar surface area (TPSA) is 68.5 Å². The molecule has 0 unspecified atom stereocenters. The molecule has 35 heavy (non-hydrogen) atoms. The molecule has 178 valence electrons. The summed E-state index contributed by atoms with van der Waals surface area (Å²) in [5, 5.41) is 3.64. The van der Waals surface area contributed by atoms with Gasteiger partial charge in [-0.15, -0.1) is 0 Å². The number of hydrogen-bond acceptors (Lipinski definition) is 4. The minimum atomic E-state index is -0.559. The van der Waals surface area contributed by atoms with Crippen molar-refractivity contribution in [2.75, 3.05) is 0 Å². The van der Waals surface area contributed by atoms with Gasteiger partial charge in [0.25, 0.3) is 0 Å². The number of carbonyl (C=O) groups is 1. The number of rotatable bonds is 4. The minimum Gasteiger partial charge on any atom is -0.455 e. The Balaban J connectivity index is 1.56. The summed E-state index contributed by atoms with van der Waals surface area (Å²) in [4.78, 5) is 26.1. The Labute approximate surface area is 204 Å². The molecule has 0 saturated heterocycles. The molecule has 4 aromatic rings. The zero-order valence-electron chi connectivity index (χ0n) is 20.3. The summed E-state index contributed by atoms with van der Waals surface area (Å²) in [5.74, 6) is 0.548. The lowest BCUT2D eigenvalue weighted by Gasteiger charge is -2.43. The monoisotopic (exact) mass is 467 g/mol. The number of para-hydroxylation sites is 1. The van der Waals surface area contributed by atoms with Gasteiger partial charge >= 0.3 is 6.09 Å². The average molecular weight is 468 g/mol. The highest BCUT2D eigenvalue weighted by Crippen LogP contribution is 2.42. The van der Waals surface area contributed by atoms with Crippen LogP contribution in [0, 0.1) is 0 Å². The first-order valence-corrected chi connectivity index (χ1v) is 12.0. The van der Waals surface area contributed by atoms with Crippen LogP contribution in [0.4, 0.5) is 4.79 Å². The van der Waals surface area contributed by atoms with Crippen LogP contribution in [0.1, 0.15) is 45.6 Å². The Morgan fingerprint density at radius 2 is 1.54 bits per heavy atom. The first kappa shape index (κ1) is 22.9. The summed E-state index contributed by atoms with van der Waals surface area (Å²) in [6.45, 7) is 5.57. The Morgan fingerprint density at radius 3 is 2.17 bits per heavy atom. The van der Waals surface area contributed by atoms with Crippen LogP contribution < -0.4 is 10.7 Å². The van der Waals surface area contributed by atoms with Gasteiger partial charge in [-0.25, -0.2) is 4.79 Å². The lowest BCUT2D eigenvalue weighted by molar-refractivity contribution is 0.0377. The van der Waals surface area contributed by atoms with Crippen molar-refractivity contribution in [2.45, 2.75) is 51.2 Å². The van der Waals surface area contributed by atoms with Crippen molar-refractivity contribution in [2.24, 2.45) is 0 Å². The smallest absolute Gasteiger partial charge is 0.408 e. The highest BCUT2D eigenvalue weighted by molar-refractivity contribution is 5.89. The Kier molecular flexibility index (Phi) is 5.72. The van der Waals surface area contributed by atoms with Crippen LogP contribution in [0.3, 0.4) is 0 Å². The number of hydrogen-bond donors (Lipinski definition) is 1. The van der Waals surface area contributed by atoms with Crippen LogP contribution in [-0.2, 0) is 10.3 Å². The first-order chi connectivity index (χ1) is 16.8. The maximum atomic E-state index is 13.6. The predicted octanol–water partition coefficient (Wildman–Crippen LogP) is 7.03. The number of ether oxygens (including phenoxy) is 1. The van der Waals surface area contributed by atoms with Gasteiger partial charge in [0, 0.05) is 5.56 Å². The van der Waals surface area contributed by atoms with E-state index in [-0.39, 0.29) is 5.43 Å². The van der Waals surface area contributed by atoms with E-state index < -0.39 is 17.2 Å². The van der Waals surface area contributed by atoms with E-state index in [4.69, 9.17) is 9.15 Å². The zero-order valence-corrected chi connectivity index (χ0v) is 20.3. The minimum absolute atomic E-state index is 0.0660. The summed E-state index contributed by atoms with van der Waals surface area (Å²) < 4.78 is 11.8. The molecule has 0 spiro atoms. The number of carbonyl (C=O) groups excluding carboxylic acids is 1. The van der Waals surface area contributed by atoms with Crippen molar-refractivity contribution < 1.29 is 13.9 Å². The van der Waals surface area contributed by atoms with Crippen LogP contribution in [0.2, 0.25) is 0 Å². The molecule has 0 bridgehead atoms.